The van der Waals surface area contributed by atoms with Crippen molar-refractivity contribution in [3.05, 3.63) is 80.8 Å². The highest BCUT2D eigenvalue weighted by molar-refractivity contribution is 5.93. The largest absolute Gasteiger partial charge is 0.434 e. The number of aromatic nitrogens is 2. The van der Waals surface area contributed by atoms with E-state index in [1.807, 2.05) is 30.3 Å². The maximum atomic E-state index is 12.0. The molecule has 0 saturated carbocycles. The van der Waals surface area contributed by atoms with Crippen LogP contribution >= 0.6 is 0 Å². The molecule has 140 valence electrons. The lowest BCUT2D eigenvalue weighted by molar-refractivity contribution is -0.386. The van der Waals surface area contributed by atoms with E-state index in [0.29, 0.717) is 11.3 Å². The van der Waals surface area contributed by atoms with Gasteiger partial charge in [-0.15, -0.1) is 0 Å². The molecule has 28 heavy (non-hydrogen) atoms. The third kappa shape index (κ3) is 3.01. The van der Waals surface area contributed by atoms with Crippen molar-refractivity contribution in [3.8, 4) is 22.8 Å². The van der Waals surface area contributed by atoms with E-state index in [1.165, 1.54) is 23.7 Å². The summed E-state index contributed by atoms with van der Waals surface area (Å²) in [5.41, 5.74) is 1.49. The molecule has 8 nitrogen and oxygen atoms in total. The lowest BCUT2D eigenvalue weighted by Crippen LogP contribution is -2.00. The van der Waals surface area contributed by atoms with Crippen molar-refractivity contribution < 1.29 is 14.1 Å². The van der Waals surface area contributed by atoms with E-state index in [2.05, 4.69) is 5.10 Å². The Hall–Kier alpha value is -3.94. The number of hydrogen-bond acceptors (Lipinski definition) is 6. The Morgan fingerprint density at radius 2 is 1.89 bits per heavy atom. The van der Waals surface area contributed by atoms with Crippen LogP contribution in [0.25, 0.3) is 22.1 Å². The van der Waals surface area contributed by atoms with Gasteiger partial charge in [-0.25, -0.2) is 9.48 Å². The molecule has 0 unspecified atom stereocenters. The highest BCUT2D eigenvalue weighted by atomic mass is 16.6. The lowest BCUT2D eigenvalue weighted by atomic mass is 10.0. The van der Waals surface area contributed by atoms with Crippen molar-refractivity contribution in [2.24, 2.45) is 7.05 Å². The Morgan fingerprint density at radius 3 is 2.61 bits per heavy atom. The van der Waals surface area contributed by atoms with E-state index in [1.54, 1.807) is 19.2 Å². The number of nitro groups is 1. The minimum absolute atomic E-state index is 0.00316. The van der Waals surface area contributed by atoms with Gasteiger partial charge in [0.2, 0.25) is 0 Å². The summed E-state index contributed by atoms with van der Waals surface area (Å²) in [5.74, 6) is 0.301. The molecule has 4 aromatic rings. The van der Waals surface area contributed by atoms with Crippen LogP contribution in [0.15, 0.2) is 63.8 Å². The quantitative estimate of drug-likeness (QED) is 0.300. The van der Waals surface area contributed by atoms with Crippen molar-refractivity contribution in [2.75, 3.05) is 0 Å². The number of fused-ring (bicyclic) bond motifs is 1. The van der Waals surface area contributed by atoms with E-state index < -0.39 is 10.5 Å². The van der Waals surface area contributed by atoms with Gasteiger partial charge in [-0.05, 0) is 30.2 Å². The molecule has 0 atom stereocenters. The molecule has 0 aliphatic rings. The smallest absolute Gasteiger partial charge is 0.353 e. The van der Waals surface area contributed by atoms with Crippen molar-refractivity contribution in [3.63, 3.8) is 0 Å². The second kappa shape index (κ2) is 6.66. The first-order chi connectivity index (χ1) is 13.4. The maximum absolute atomic E-state index is 12.0. The zero-order valence-electron chi connectivity index (χ0n) is 15.1. The van der Waals surface area contributed by atoms with Gasteiger partial charge in [-0.2, -0.15) is 5.10 Å². The molecule has 2 aromatic carbocycles. The number of ether oxygens (including phenoxy) is 1. The first-order valence-electron chi connectivity index (χ1n) is 8.43. The number of hydrogen-bond donors (Lipinski definition) is 0. The summed E-state index contributed by atoms with van der Waals surface area (Å²) in [6, 6.07) is 15.9. The third-order valence-electron chi connectivity index (χ3n) is 4.34. The summed E-state index contributed by atoms with van der Waals surface area (Å²) in [7, 11) is 1.56. The molecule has 2 heterocycles. The summed E-state index contributed by atoms with van der Waals surface area (Å²) in [6.07, 6.45) is 0. The van der Waals surface area contributed by atoms with Gasteiger partial charge in [0.15, 0.2) is 0 Å². The number of rotatable bonds is 4. The van der Waals surface area contributed by atoms with E-state index >= 15 is 0 Å². The number of aryl methyl sites for hydroxylation is 2. The Kier molecular flexibility index (Phi) is 4.15. The van der Waals surface area contributed by atoms with Crippen LogP contribution in [0.2, 0.25) is 0 Å². The average Bonchev–Trinajstić information content (AvgIpc) is 2.94. The third-order valence-corrected chi connectivity index (χ3v) is 4.34. The second-order valence-corrected chi connectivity index (χ2v) is 6.23. The van der Waals surface area contributed by atoms with Crippen molar-refractivity contribution in [2.45, 2.75) is 6.92 Å². The van der Waals surface area contributed by atoms with Crippen LogP contribution in [0.3, 0.4) is 0 Å². The molecule has 2 aromatic heterocycles. The molecular weight excluding hydrogens is 362 g/mol. The molecule has 0 saturated heterocycles. The van der Waals surface area contributed by atoms with Gasteiger partial charge < -0.3 is 9.15 Å². The van der Waals surface area contributed by atoms with E-state index in [9.17, 15) is 14.9 Å². The maximum Gasteiger partial charge on any atom is 0.353 e. The van der Waals surface area contributed by atoms with Gasteiger partial charge in [0.1, 0.15) is 17.0 Å². The monoisotopic (exact) mass is 377 g/mol. The molecular formula is C20H15N3O5. The summed E-state index contributed by atoms with van der Waals surface area (Å²) >= 11 is 0. The fourth-order valence-electron chi connectivity index (χ4n) is 3.13. The molecule has 4 rings (SSSR count). The van der Waals surface area contributed by atoms with Gasteiger partial charge in [0.25, 0.3) is 5.88 Å². The topological polar surface area (TPSA) is 100 Å². The normalized spacial score (nSPS) is 10.9. The summed E-state index contributed by atoms with van der Waals surface area (Å²) in [5, 5.41) is 16.1. The molecule has 0 amide bonds. The van der Waals surface area contributed by atoms with Crippen LogP contribution in [0.1, 0.15) is 5.69 Å². The van der Waals surface area contributed by atoms with Crippen LogP contribution in [0.4, 0.5) is 5.69 Å². The molecule has 0 aliphatic heterocycles. The van der Waals surface area contributed by atoms with Crippen LogP contribution in [0.5, 0.6) is 11.6 Å². The second-order valence-electron chi connectivity index (χ2n) is 6.23. The fourth-order valence-corrected chi connectivity index (χ4v) is 3.13. The van der Waals surface area contributed by atoms with Gasteiger partial charge in [-0.3, -0.25) is 10.1 Å². The zero-order chi connectivity index (χ0) is 19.8. The SMILES string of the molecule is Cc1nn(C)c(Oc2ccc3c(-c4ccccc4)cc(=O)oc3c2)c1[N+](=O)[O-]. The first kappa shape index (κ1) is 17.5. The van der Waals surface area contributed by atoms with Crippen LogP contribution in [-0.2, 0) is 7.05 Å². The Bertz CT molecular complexity index is 1260. The minimum Gasteiger partial charge on any atom is -0.434 e. The number of nitrogens with zero attached hydrogens (tertiary/aromatic N) is 3. The summed E-state index contributed by atoms with van der Waals surface area (Å²) < 4.78 is 12.3. The standard InChI is InChI=1S/C20H15N3O5/c1-12-19(23(25)26)20(22(2)21-12)27-14-8-9-15-16(13-6-4-3-5-7-13)11-18(24)28-17(15)10-14/h3-11H,1-2H3. The Balaban J connectivity index is 1.82. The summed E-state index contributed by atoms with van der Waals surface area (Å²) in [6.45, 7) is 1.54. The summed E-state index contributed by atoms with van der Waals surface area (Å²) in [4.78, 5) is 22.8. The van der Waals surface area contributed by atoms with Gasteiger partial charge in [0, 0.05) is 24.6 Å². The van der Waals surface area contributed by atoms with Gasteiger partial charge in [-0.1, -0.05) is 30.3 Å². The number of benzene rings is 2. The van der Waals surface area contributed by atoms with Crippen molar-refractivity contribution in [1.82, 2.24) is 9.78 Å². The van der Waals surface area contributed by atoms with Gasteiger partial charge in [0.05, 0.1) is 4.92 Å². The first-order valence-corrected chi connectivity index (χ1v) is 8.43. The minimum atomic E-state index is -0.535. The average molecular weight is 377 g/mol. The predicted octanol–water partition coefficient (Wildman–Crippen LogP) is 4.20. The molecule has 0 spiro atoms. The van der Waals surface area contributed by atoms with Crippen LogP contribution in [-0.4, -0.2) is 14.7 Å². The predicted molar refractivity (Wildman–Crippen MR) is 103 cm³/mol. The van der Waals surface area contributed by atoms with Crippen molar-refractivity contribution >= 4 is 16.7 Å². The molecule has 0 radical (unpaired) electrons. The molecule has 0 fully saturated rings. The lowest BCUT2D eigenvalue weighted by Gasteiger charge is -2.08. The highest BCUT2D eigenvalue weighted by Crippen LogP contribution is 2.35. The van der Waals surface area contributed by atoms with Crippen LogP contribution in [0, 0.1) is 17.0 Å². The van der Waals surface area contributed by atoms with E-state index in [0.717, 1.165) is 16.5 Å². The fraction of sp³-hybridized carbons (Fsp3) is 0.100. The molecule has 0 bridgehead atoms. The van der Waals surface area contributed by atoms with Crippen molar-refractivity contribution in [1.29, 1.82) is 0 Å². The van der Waals surface area contributed by atoms with Gasteiger partial charge >= 0.3 is 11.3 Å². The molecule has 0 N–H and O–H groups in total. The Labute approximate surface area is 158 Å². The highest BCUT2D eigenvalue weighted by Gasteiger charge is 2.26. The van der Waals surface area contributed by atoms with Crippen LogP contribution < -0.4 is 10.4 Å². The molecule has 8 heteroatoms. The molecule has 0 aliphatic carbocycles. The Morgan fingerprint density at radius 1 is 1.14 bits per heavy atom. The van der Waals surface area contributed by atoms with E-state index in [4.69, 9.17) is 9.15 Å². The van der Waals surface area contributed by atoms with E-state index in [-0.39, 0.29) is 17.3 Å². The zero-order valence-corrected chi connectivity index (χ0v) is 15.1.